The first-order valence-electron chi connectivity index (χ1n) is 14.0. The van der Waals surface area contributed by atoms with Gasteiger partial charge in [0.2, 0.25) is 0 Å². The first-order chi connectivity index (χ1) is 15.8. The van der Waals surface area contributed by atoms with Crippen molar-refractivity contribution in [3.8, 4) is 0 Å². The highest BCUT2D eigenvalue weighted by Gasteiger charge is 2.72. The Morgan fingerprint density at radius 1 is 0.853 bits per heavy atom. The van der Waals surface area contributed by atoms with Crippen LogP contribution in [0.5, 0.6) is 0 Å². The van der Waals surface area contributed by atoms with Gasteiger partial charge >= 0.3 is 5.97 Å². The molecule has 0 saturated heterocycles. The van der Waals surface area contributed by atoms with Gasteiger partial charge in [0, 0.05) is 0 Å². The van der Waals surface area contributed by atoms with Crippen LogP contribution in [-0.2, 0) is 4.79 Å². The van der Waals surface area contributed by atoms with Crippen molar-refractivity contribution in [2.75, 3.05) is 6.61 Å². The van der Waals surface area contributed by atoms with E-state index in [2.05, 4.69) is 41.2 Å². The first kappa shape index (κ1) is 24.8. The molecule has 10 atom stereocenters. The minimum atomic E-state index is -0.645. The van der Waals surface area contributed by atoms with Gasteiger partial charge in [0.25, 0.3) is 0 Å². The molecule has 34 heavy (non-hydrogen) atoms. The van der Waals surface area contributed by atoms with Gasteiger partial charge in [-0.3, -0.25) is 4.79 Å². The molecule has 0 aromatic carbocycles. The van der Waals surface area contributed by atoms with E-state index in [4.69, 9.17) is 0 Å². The first-order valence-corrected chi connectivity index (χ1v) is 14.0. The maximum absolute atomic E-state index is 12.8. The van der Waals surface area contributed by atoms with Crippen molar-refractivity contribution in [2.45, 2.75) is 105 Å². The number of aliphatic hydroxyl groups is 2. The third kappa shape index (κ3) is 2.82. The maximum atomic E-state index is 12.8. The molecule has 0 heterocycles. The van der Waals surface area contributed by atoms with Crippen molar-refractivity contribution in [2.24, 2.45) is 56.7 Å². The van der Waals surface area contributed by atoms with Crippen LogP contribution in [0.2, 0.25) is 0 Å². The molecule has 0 bridgehead atoms. The van der Waals surface area contributed by atoms with Gasteiger partial charge in [-0.25, -0.2) is 0 Å². The molecular weight excluding hydrogens is 424 g/mol. The summed E-state index contributed by atoms with van der Waals surface area (Å²) in [6.45, 7) is 16.4. The van der Waals surface area contributed by atoms with E-state index in [1.807, 2.05) is 0 Å². The topological polar surface area (TPSA) is 77.8 Å². The van der Waals surface area contributed by atoms with Crippen LogP contribution in [0.15, 0.2) is 12.2 Å². The number of carboxylic acids is 1. The molecule has 0 amide bonds. The fourth-order valence-electron chi connectivity index (χ4n) is 11.5. The zero-order valence-electron chi connectivity index (χ0n) is 22.2. The summed E-state index contributed by atoms with van der Waals surface area (Å²) in [5.41, 5.74) is 0.669. The Labute approximate surface area is 206 Å². The maximum Gasteiger partial charge on any atom is 0.309 e. The standard InChI is InChI=1S/C30H48O4/c1-18(17-31)19-9-14-30(25(33)34)16-15-28(5)20(24(19)30)7-8-22-27(4)12-11-23(32)26(2,3)21(27)10-13-29(22,28)6/h19-24,31-32H,1,7-17H2,2-6H3,(H,33,34)/t19-,20+,21-,22+,23-,24+,27-,28+,29+,30-/m0/s1. The van der Waals surface area contributed by atoms with Crippen molar-refractivity contribution >= 4 is 5.97 Å². The van der Waals surface area contributed by atoms with Gasteiger partial charge in [-0.1, -0.05) is 41.2 Å². The van der Waals surface area contributed by atoms with E-state index in [1.54, 1.807) is 0 Å². The largest absolute Gasteiger partial charge is 0.481 e. The molecule has 0 aromatic heterocycles. The lowest BCUT2D eigenvalue weighted by molar-refractivity contribution is -0.248. The molecule has 5 aliphatic rings. The number of carboxylic acid groups (broad SMARTS) is 1. The van der Waals surface area contributed by atoms with Gasteiger partial charge in [0.15, 0.2) is 0 Å². The SMILES string of the molecule is C=C(CO)[C@@H]1CC[C@]2(C(=O)O)CC[C@]3(C)[C@H](CC[C@@H]4[C@@]5(C)CC[C@H](O)C(C)(C)[C@@H]5CC[C@]43C)[C@@H]12. The van der Waals surface area contributed by atoms with Crippen LogP contribution in [0.4, 0.5) is 0 Å². The third-order valence-electron chi connectivity index (χ3n) is 13.6. The molecule has 0 radical (unpaired) electrons. The Kier molecular flexibility index (Phi) is 5.52. The molecule has 0 aliphatic heterocycles. The van der Waals surface area contributed by atoms with Crippen LogP contribution in [-0.4, -0.2) is 34.0 Å². The Balaban J connectivity index is 1.56. The normalized spacial score (nSPS) is 53.7. The molecule has 0 unspecified atom stereocenters. The summed E-state index contributed by atoms with van der Waals surface area (Å²) in [5.74, 6) is 1.13. The Morgan fingerprint density at radius 3 is 2.21 bits per heavy atom. The molecule has 5 rings (SSSR count). The number of fused-ring (bicyclic) bond motifs is 7. The van der Waals surface area contributed by atoms with Crippen molar-refractivity contribution in [3.63, 3.8) is 0 Å². The van der Waals surface area contributed by atoms with E-state index in [0.29, 0.717) is 17.8 Å². The van der Waals surface area contributed by atoms with Crippen LogP contribution in [0.1, 0.15) is 98.8 Å². The minimum absolute atomic E-state index is 0.0304. The summed E-state index contributed by atoms with van der Waals surface area (Å²) >= 11 is 0. The van der Waals surface area contributed by atoms with Crippen molar-refractivity contribution in [1.29, 1.82) is 0 Å². The van der Waals surface area contributed by atoms with Gasteiger partial charge < -0.3 is 15.3 Å². The molecule has 4 nitrogen and oxygen atoms in total. The lowest BCUT2D eigenvalue weighted by atomic mass is 9.32. The second kappa shape index (κ2) is 7.57. The zero-order chi connectivity index (χ0) is 24.9. The summed E-state index contributed by atoms with van der Waals surface area (Å²) in [4.78, 5) is 12.8. The van der Waals surface area contributed by atoms with Gasteiger partial charge in [-0.2, -0.15) is 0 Å². The van der Waals surface area contributed by atoms with E-state index < -0.39 is 11.4 Å². The summed E-state index contributed by atoms with van der Waals surface area (Å²) in [6.07, 6.45) is 9.75. The zero-order valence-corrected chi connectivity index (χ0v) is 22.2. The van der Waals surface area contributed by atoms with Gasteiger partial charge in [0.1, 0.15) is 0 Å². The highest BCUT2D eigenvalue weighted by Crippen LogP contribution is 2.77. The quantitative estimate of drug-likeness (QED) is 0.436. The number of aliphatic hydroxyl groups excluding tert-OH is 2. The lowest BCUT2D eigenvalue weighted by Crippen LogP contribution is -2.67. The molecular formula is C30H48O4. The number of aliphatic carboxylic acids is 1. The summed E-state index contributed by atoms with van der Waals surface area (Å²) in [7, 11) is 0. The number of carbonyl (C=O) groups is 1. The molecule has 192 valence electrons. The van der Waals surface area contributed by atoms with Crippen LogP contribution in [0, 0.1) is 56.7 Å². The summed E-state index contributed by atoms with van der Waals surface area (Å²) in [6, 6.07) is 0. The fraction of sp³-hybridized carbons (Fsp3) is 0.900. The molecule has 5 aliphatic carbocycles. The molecule has 0 spiro atoms. The van der Waals surface area contributed by atoms with E-state index in [9.17, 15) is 20.1 Å². The lowest BCUT2D eigenvalue weighted by Gasteiger charge is -2.72. The molecule has 3 N–H and O–H groups in total. The molecule has 4 heteroatoms. The van der Waals surface area contributed by atoms with Gasteiger partial charge in [0.05, 0.1) is 18.1 Å². The summed E-state index contributed by atoms with van der Waals surface area (Å²) in [5, 5.41) is 31.4. The second-order valence-electron chi connectivity index (χ2n) is 14.5. The predicted octanol–water partition coefficient (Wildman–Crippen LogP) is 6.06. The minimum Gasteiger partial charge on any atom is -0.481 e. The smallest absolute Gasteiger partial charge is 0.309 e. The fourth-order valence-corrected chi connectivity index (χ4v) is 11.5. The summed E-state index contributed by atoms with van der Waals surface area (Å²) < 4.78 is 0. The van der Waals surface area contributed by atoms with Crippen LogP contribution in [0.25, 0.3) is 0 Å². The average molecular weight is 473 g/mol. The van der Waals surface area contributed by atoms with Crippen LogP contribution >= 0.6 is 0 Å². The van der Waals surface area contributed by atoms with Crippen molar-refractivity contribution in [1.82, 2.24) is 0 Å². The molecule has 5 fully saturated rings. The Bertz CT molecular complexity index is 879. The van der Waals surface area contributed by atoms with E-state index in [1.165, 1.54) is 12.8 Å². The highest BCUT2D eigenvalue weighted by atomic mass is 16.4. The van der Waals surface area contributed by atoms with Crippen LogP contribution < -0.4 is 0 Å². The Morgan fingerprint density at radius 2 is 1.56 bits per heavy atom. The Hall–Kier alpha value is -0.870. The molecule has 5 saturated carbocycles. The highest BCUT2D eigenvalue weighted by molar-refractivity contribution is 5.76. The van der Waals surface area contributed by atoms with E-state index >= 15 is 0 Å². The predicted molar refractivity (Wildman–Crippen MR) is 134 cm³/mol. The van der Waals surface area contributed by atoms with Gasteiger partial charge in [-0.05, 0) is 121 Å². The number of hydrogen-bond donors (Lipinski definition) is 3. The third-order valence-corrected chi connectivity index (χ3v) is 13.6. The van der Waals surface area contributed by atoms with Gasteiger partial charge in [-0.15, -0.1) is 0 Å². The number of rotatable bonds is 3. The monoisotopic (exact) mass is 472 g/mol. The number of hydrogen-bond acceptors (Lipinski definition) is 3. The van der Waals surface area contributed by atoms with Crippen LogP contribution in [0.3, 0.4) is 0 Å². The van der Waals surface area contributed by atoms with E-state index in [-0.39, 0.29) is 46.2 Å². The molecule has 0 aromatic rings. The second-order valence-corrected chi connectivity index (χ2v) is 14.5. The van der Waals surface area contributed by atoms with Crippen molar-refractivity contribution in [3.05, 3.63) is 12.2 Å². The average Bonchev–Trinajstić information content (AvgIpc) is 3.18. The van der Waals surface area contributed by atoms with Crippen molar-refractivity contribution < 1.29 is 20.1 Å². The van der Waals surface area contributed by atoms with E-state index in [0.717, 1.165) is 56.9 Å².